The molecule has 208 valence electrons. The number of amides is 3. The van der Waals surface area contributed by atoms with Gasteiger partial charge in [0.15, 0.2) is 0 Å². The van der Waals surface area contributed by atoms with E-state index in [1.165, 1.54) is 4.90 Å². The van der Waals surface area contributed by atoms with Crippen LogP contribution < -0.4 is 10.6 Å². The summed E-state index contributed by atoms with van der Waals surface area (Å²) in [5.74, 6) is -3.45. The first kappa shape index (κ1) is 28.6. The van der Waals surface area contributed by atoms with Crippen LogP contribution in [-0.2, 0) is 19.2 Å². The van der Waals surface area contributed by atoms with Gasteiger partial charge < -0.3 is 25.7 Å². The minimum absolute atomic E-state index is 0.272. The minimum Gasteiger partial charge on any atom is -0.481 e. The smallest absolute Gasteiger partial charge is 0.305 e. The molecule has 0 radical (unpaired) electrons. The molecule has 2 bridgehead atoms. The number of hydrogen-bond acceptors (Lipinski definition) is 6. The Morgan fingerprint density at radius 2 is 1.67 bits per heavy atom. The molecule has 2 aliphatic heterocycles. The van der Waals surface area contributed by atoms with E-state index in [1.54, 1.807) is 26.0 Å². The van der Waals surface area contributed by atoms with Gasteiger partial charge in [-0.05, 0) is 54.5 Å². The number of benzene rings is 2. The summed E-state index contributed by atoms with van der Waals surface area (Å²) in [6, 6.07) is 8.71. The molecule has 1 aliphatic carbocycles. The van der Waals surface area contributed by atoms with Crippen molar-refractivity contribution >= 4 is 52.2 Å². The highest BCUT2D eigenvalue weighted by Crippen LogP contribution is 2.43. The standard InChI is InChI=1S/C28H33N3O7S/c1-15(2)22(30-24(34)18-8-7-16-5-3-4-6-17(16)13-18)26(36)31-19-9-11-28(38,12-10-19)23(31)25(35)29-20(27(37)39)14-21(32)33/h3-8,13,15,19-20,22-23,38H,9-12,14H2,1-2H3,(H,29,35)(H,30,34)(H,32,33)(H,37,39)/t19?,20-,22-,23+,28?/m0/s1. The lowest BCUT2D eigenvalue weighted by Crippen LogP contribution is -2.73. The van der Waals surface area contributed by atoms with Crippen LogP contribution in [0.25, 0.3) is 10.8 Å². The Morgan fingerprint density at radius 3 is 2.26 bits per heavy atom. The molecule has 0 spiro atoms. The molecule has 2 aromatic carbocycles. The van der Waals surface area contributed by atoms with Crippen LogP contribution in [0.3, 0.4) is 0 Å². The van der Waals surface area contributed by atoms with Gasteiger partial charge in [-0.1, -0.05) is 44.2 Å². The molecular weight excluding hydrogens is 522 g/mol. The molecule has 0 unspecified atom stereocenters. The van der Waals surface area contributed by atoms with Crippen molar-refractivity contribution in [2.24, 2.45) is 5.92 Å². The highest BCUT2D eigenvalue weighted by molar-refractivity contribution is 7.96. The molecule has 3 amide bonds. The van der Waals surface area contributed by atoms with E-state index < -0.39 is 59.0 Å². The van der Waals surface area contributed by atoms with E-state index in [9.17, 15) is 29.1 Å². The van der Waals surface area contributed by atoms with E-state index in [0.29, 0.717) is 18.4 Å². The van der Waals surface area contributed by atoms with Crippen LogP contribution >= 0.6 is 12.6 Å². The van der Waals surface area contributed by atoms with E-state index in [1.807, 2.05) is 30.3 Å². The molecule has 0 aromatic heterocycles. The monoisotopic (exact) mass is 555 g/mol. The maximum absolute atomic E-state index is 14.0. The highest BCUT2D eigenvalue weighted by atomic mass is 32.1. The summed E-state index contributed by atoms with van der Waals surface area (Å²) < 4.78 is 0. The Hall–Kier alpha value is -3.44. The van der Waals surface area contributed by atoms with Gasteiger partial charge in [-0.3, -0.25) is 24.0 Å². The van der Waals surface area contributed by atoms with Crippen molar-refractivity contribution in [3.63, 3.8) is 0 Å². The van der Waals surface area contributed by atoms with Crippen LogP contribution in [-0.4, -0.2) is 73.7 Å². The SMILES string of the molecule is CC(C)[C@H](NC(=O)c1ccc2ccccc2c1)C(=O)N1C2CCC(O)(CC2)[C@H]1C(=O)N[C@@H](CC(=O)O)C(=O)S. The number of aliphatic carboxylic acids is 1. The first-order chi connectivity index (χ1) is 18.4. The molecule has 3 atom stereocenters. The predicted octanol–water partition coefficient (Wildman–Crippen LogP) is 1.89. The number of nitrogens with zero attached hydrogens (tertiary/aromatic N) is 1. The second-order valence-corrected chi connectivity index (χ2v) is 11.2. The summed E-state index contributed by atoms with van der Waals surface area (Å²) in [6.07, 6.45) is 0.799. The number of hydrogen-bond donors (Lipinski definition) is 5. The van der Waals surface area contributed by atoms with Crippen molar-refractivity contribution in [1.29, 1.82) is 0 Å². The average Bonchev–Trinajstić information content (AvgIpc) is 2.89. The maximum Gasteiger partial charge on any atom is 0.305 e. The van der Waals surface area contributed by atoms with Gasteiger partial charge in [0.25, 0.3) is 5.91 Å². The van der Waals surface area contributed by atoms with Crippen LogP contribution in [0.4, 0.5) is 0 Å². The fraction of sp³-hybridized carbons (Fsp3) is 0.464. The molecule has 39 heavy (non-hydrogen) atoms. The number of rotatable bonds is 9. The quantitative estimate of drug-likeness (QED) is 0.296. The number of nitrogens with one attached hydrogen (secondary N) is 2. The molecule has 2 saturated heterocycles. The lowest BCUT2D eigenvalue weighted by molar-refractivity contribution is -0.180. The van der Waals surface area contributed by atoms with Crippen molar-refractivity contribution in [3.05, 3.63) is 48.0 Å². The van der Waals surface area contributed by atoms with Gasteiger partial charge in [0.2, 0.25) is 16.9 Å². The molecule has 2 aromatic rings. The van der Waals surface area contributed by atoms with Gasteiger partial charge in [-0.2, -0.15) is 0 Å². The summed E-state index contributed by atoms with van der Waals surface area (Å²) >= 11 is 3.69. The normalized spacial score (nSPS) is 23.8. The van der Waals surface area contributed by atoms with Gasteiger partial charge in [-0.15, -0.1) is 12.6 Å². The van der Waals surface area contributed by atoms with Crippen LogP contribution in [0.2, 0.25) is 0 Å². The Labute approximate surface area is 231 Å². The largest absolute Gasteiger partial charge is 0.481 e. The van der Waals surface area contributed by atoms with Crippen molar-refractivity contribution in [2.45, 2.75) is 75.7 Å². The van der Waals surface area contributed by atoms with Gasteiger partial charge in [0.1, 0.15) is 18.1 Å². The molecule has 4 N–H and O–H groups in total. The van der Waals surface area contributed by atoms with E-state index in [0.717, 1.165) is 10.8 Å². The number of thiol groups is 1. The second kappa shape index (κ2) is 11.4. The number of piperidine rings is 2. The Kier molecular flexibility index (Phi) is 8.31. The summed E-state index contributed by atoms with van der Waals surface area (Å²) in [5.41, 5.74) is -1.17. The number of carboxylic acid groups (broad SMARTS) is 1. The van der Waals surface area contributed by atoms with E-state index in [-0.39, 0.29) is 24.8 Å². The third-order valence-corrected chi connectivity index (χ3v) is 8.04. The third-order valence-electron chi connectivity index (χ3n) is 7.73. The molecule has 10 nitrogen and oxygen atoms in total. The van der Waals surface area contributed by atoms with Gasteiger partial charge in [0.05, 0.1) is 12.0 Å². The van der Waals surface area contributed by atoms with Crippen LogP contribution in [0.1, 0.15) is 56.3 Å². The molecule has 2 heterocycles. The number of carboxylic acids is 1. The van der Waals surface area contributed by atoms with Gasteiger partial charge >= 0.3 is 5.97 Å². The summed E-state index contributed by atoms with van der Waals surface area (Å²) in [7, 11) is 0. The predicted molar refractivity (Wildman–Crippen MR) is 146 cm³/mol. The van der Waals surface area contributed by atoms with Crippen molar-refractivity contribution < 1.29 is 34.2 Å². The second-order valence-electron chi connectivity index (χ2n) is 10.7. The third kappa shape index (κ3) is 5.94. The van der Waals surface area contributed by atoms with Crippen molar-refractivity contribution in [2.75, 3.05) is 0 Å². The molecule has 1 saturated carbocycles. The summed E-state index contributed by atoms with van der Waals surface area (Å²) in [4.78, 5) is 65.1. The number of carbonyl (C=O) groups excluding carboxylic acids is 4. The molecule has 3 fully saturated rings. The van der Waals surface area contributed by atoms with Crippen molar-refractivity contribution in [1.82, 2.24) is 15.5 Å². The van der Waals surface area contributed by atoms with Crippen LogP contribution in [0.5, 0.6) is 0 Å². The zero-order valence-corrected chi connectivity index (χ0v) is 22.7. The van der Waals surface area contributed by atoms with E-state index in [2.05, 4.69) is 23.3 Å². The minimum atomic E-state index is -1.55. The average molecular weight is 556 g/mol. The maximum atomic E-state index is 14.0. The van der Waals surface area contributed by atoms with Crippen molar-refractivity contribution in [3.8, 4) is 0 Å². The Bertz CT molecular complexity index is 1310. The lowest BCUT2D eigenvalue weighted by Gasteiger charge is -2.55. The summed E-state index contributed by atoms with van der Waals surface area (Å²) in [6.45, 7) is 3.55. The van der Waals surface area contributed by atoms with E-state index in [4.69, 9.17) is 5.11 Å². The molecular formula is C28H33N3O7S. The Balaban J connectivity index is 1.60. The van der Waals surface area contributed by atoms with E-state index >= 15 is 0 Å². The zero-order valence-electron chi connectivity index (χ0n) is 21.8. The Morgan fingerprint density at radius 1 is 1.03 bits per heavy atom. The molecule has 11 heteroatoms. The number of fused-ring (bicyclic) bond motifs is 4. The van der Waals surface area contributed by atoms with Crippen LogP contribution in [0.15, 0.2) is 42.5 Å². The number of aliphatic hydroxyl groups is 1. The van der Waals surface area contributed by atoms with Gasteiger partial charge in [0, 0.05) is 11.6 Å². The highest BCUT2D eigenvalue weighted by Gasteiger charge is 2.57. The number of carbonyl (C=O) groups is 5. The summed E-state index contributed by atoms with van der Waals surface area (Å²) in [5, 5.41) is 26.7. The lowest BCUT2D eigenvalue weighted by atomic mass is 9.70. The first-order valence-electron chi connectivity index (χ1n) is 13.0. The van der Waals surface area contributed by atoms with Gasteiger partial charge in [-0.25, -0.2) is 0 Å². The fourth-order valence-electron chi connectivity index (χ4n) is 5.66. The first-order valence-corrected chi connectivity index (χ1v) is 13.4. The molecule has 5 rings (SSSR count). The zero-order chi connectivity index (χ0) is 28.5. The topological polar surface area (TPSA) is 153 Å². The fourth-order valence-corrected chi connectivity index (χ4v) is 5.81. The molecule has 3 aliphatic rings. The van der Waals surface area contributed by atoms with Crippen LogP contribution in [0, 0.1) is 5.92 Å².